The maximum Gasteiger partial charge on any atom is 0.102 e. The average Bonchev–Trinajstić information content (AvgIpc) is 2.59. The van der Waals surface area contributed by atoms with Crippen molar-refractivity contribution in [2.75, 3.05) is 0 Å². The number of hydrogen-bond donors (Lipinski definition) is 0. The average molecular weight is 279 g/mol. The summed E-state index contributed by atoms with van der Waals surface area (Å²) in [5.41, 5.74) is 0.00368. The van der Waals surface area contributed by atoms with E-state index in [1.807, 2.05) is 12.1 Å². The van der Waals surface area contributed by atoms with Gasteiger partial charge < -0.3 is 0 Å². The monoisotopic (exact) mass is 279 g/mol. The minimum Gasteiger partial charge on any atom is -0.192 e. The lowest BCUT2D eigenvalue weighted by Crippen LogP contribution is -2.03. The molecular weight excluding hydrogens is 274 g/mol. The molecule has 2 rings (SSSR count). The molecule has 0 spiro atoms. The molecule has 2 aromatic carbocycles. The van der Waals surface area contributed by atoms with Crippen molar-refractivity contribution in [3.63, 3.8) is 0 Å². The maximum absolute atomic E-state index is 9.39. The highest BCUT2D eigenvalue weighted by Gasteiger charge is 2.24. The highest BCUT2D eigenvalue weighted by molar-refractivity contribution is 5.84. The number of rotatable bonds is 1. The Morgan fingerprint density at radius 3 is 1.23 bits per heavy atom. The molecule has 2 aromatic rings. The maximum atomic E-state index is 9.39. The first kappa shape index (κ1) is 14.3. The molecule has 0 aromatic heterocycles. The second-order valence-electron chi connectivity index (χ2n) is 4.18. The molecule has 0 radical (unpaired) electrons. The molecule has 0 amide bonds. The molecule has 0 bridgehead atoms. The van der Waals surface area contributed by atoms with Gasteiger partial charge in [0.2, 0.25) is 0 Å². The Kier molecular flexibility index (Phi) is 3.83. The van der Waals surface area contributed by atoms with Crippen LogP contribution in [0.15, 0.2) is 30.3 Å². The van der Waals surface area contributed by atoms with Gasteiger partial charge in [0, 0.05) is 5.56 Å². The van der Waals surface area contributed by atoms with E-state index >= 15 is 0 Å². The summed E-state index contributed by atoms with van der Waals surface area (Å²) in [6.07, 6.45) is 0. The van der Waals surface area contributed by atoms with Gasteiger partial charge in [0.1, 0.15) is 30.3 Å². The van der Waals surface area contributed by atoms with Crippen LogP contribution in [0.3, 0.4) is 0 Å². The molecule has 0 saturated carbocycles. The number of hydrogen-bond acceptors (Lipinski definition) is 5. The number of nitriles is 5. The molecule has 0 atom stereocenters. The Morgan fingerprint density at radius 2 is 0.864 bits per heavy atom. The molecule has 0 aliphatic rings. The summed E-state index contributed by atoms with van der Waals surface area (Å²) >= 11 is 0. The van der Waals surface area contributed by atoms with E-state index in [4.69, 9.17) is 0 Å². The lowest BCUT2D eigenvalue weighted by atomic mass is 9.85. The van der Waals surface area contributed by atoms with E-state index < -0.39 is 0 Å². The zero-order valence-corrected chi connectivity index (χ0v) is 11.1. The van der Waals surface area contributed by atoms with Gasteiger partial charge in [-0.25, -0.2) is 0 Å². The summed E-state index contributed by atoms with van der Waals surface area (Å²) in [6.45, 7) is 0. The quantitative estimate of drug-likeness (QED) is 0.794. The summed E-state index contributed by atoms with van der Waals surface area (Å²) in [7, 11) is 0. The predicted octanol–water partition coefficient (Wildman–Crippen LogP) is 2.71. The normalized spacial score (nSPS) is 8.68. The fourth-order valence-electron chi connectivity index (χ4n) is 2.20. The summed E-state index contributed by atoms with van der Waals surface area (Å²) in [6, 6.07) is 17.6. The minimum atomic E-state index is -0.238. The molecule has 0 N–H and O–H groups in total. The van der Waals surface area contributed by atoms with Crippen LogP contribution in [0.5, 0.6) is 0 Å². The van der Waals surface area contributed by atoms with Crippen LogP contribution in [0, 0.1) is 56.7 Å². The third-order valence-corrected chi connectivity index (χ3v) is 3.12. The molecule has 22 heavy (non-hydrogen) atoms. The van der Waals surface area contributed by atoms with Gasteiger partial charge in [0.05, 0.1) is 27.8 Å². The summed E-state index contributed by atoms with van der Waals surface area (Å²) in [4.78, 5) is 0. The van der Waals surface area contributed by atoms with Gasteiger partial charge in [-0.15, -0.1) is 0 Å². The Labute approximate surface area is 126 Å². The Hall–Kier alpha value is -4.11. The second-order valence-corrected chi connectivity index (χ2v) is 4.18. The topological polar surface area (TPSA) is 119 Å². The molecule has 0 saturated heterocycles. The minimum absolute atomic E-state index is 0.0687. The van der Waals surface area contributed by atoms with Gasteiger partial charge >= 0.3 is 0 Å². The zero-order valence-electron chi connectivity index (χ0n) is 11.1. The fraction of sp³-hybridized carbons (Fsp3) is 0. The van der Waals surface area contributed by atoms with E-state index in [2.05, 4.69) is 0 Å². The lowest BCUT2D eigenvalue weighted by molar-refractivity contribution is 1.34. The van der Waals surface area contributed by atoms with Crippen LogP contribution in [0.4, 0.5) is 0 Å². The molecule has 0 aliphatic heterocycles. The van der Waals surface area contributed by atoms with Crippen molar-refractivity contribution in [3.05, 3.63) is 58.1 Å². The smallest absolute Gasteiger partial charge is 0.102 e. The summed E-state index contributed by atoms with van der Waals surface area (Å²) in [5.74, 6) is 0. The highest BCUT2D eigenvalue weighted by atomic mass is 14.4. The first-order chi connectivity index (χ1) is 10.7. The van der Waals surface area contributed by atoms with E-state index in [-0.39, 0.29) is 33.4 Å². The zero-order chi connectivity index (χ0) is 16.1. The molecule has 5 heteroatoms. The van der Waals surface area contributed by atoms with Crippen LogP contribution in [0.2, 0.25) is 0 Å². The first-order valence-corrected chi connectivity index (χ1v) is 6.03. The molecular formula is C17H5N5. The standard InChI is InChI=1S/C17H5N5/c18-6-12-13(7-19)15(9-21)17(11-4-2-1-3-5-11)16(10-22)14(12)8-20/h1-5H. The van der Waals surface area contributed by atoms with E-state index in [0.717, 1.165) is 0 Å². The lowest BCUT2D eigenvalue weighted by Gasteiger charge is -2.11. The van der Waals surface area contributed by atoms with E-state index in [1.54, 1.807) is 48.5 Å². The van der Waals surface area contributed by atoms with Crippen molar-refractivity contribution in [2.45, 2.75) is 0 Å². The van der Waals surface area contributed by atoms with E-state index in [0.29, 0.717) is 5.56 Å². The van der Waals surface area contributed by atoms with Gasteiger partial charge in [0.25, 0.3) is 0 Å². The molecule has 0 heterocycles. The molecule has 0 aliphatic carbocycles. The van der Waals surface area contributed by atoms with Gasteiger partial charge in [-0.2, -0.15) is 26.3 Å². The van der Waals surface area contributed by atoms with Crippen molar-refractivity contribution in [2.24, 2.45) is 0 Å². The first-order valence-electron chi connectivity index (χ1n) is 6.03. The third-order valence-electron chi connectivity index (χ3n) is 3.12. The van der Waals surface area contributed by atoms with Crippen LogP contribution in [0.1, 0.15) is 27.8 Å². The van der Waals surface area contributed by atoms with Crippen LogP contribution in [0.25, 0.3) is 11.1 Å². The largest absolute Gasteiger partial charge is 0.192 e. The van der Waals surface area contributed by atoms with Crippen molar-refractivity contribution < 1.29 is 0 Å². The van der Waals surface area contributed by atoms with Crippen molar-refractivity contribution >= 4 is 0 Å². The molecule has 98 valence electrons. The molecule has 0 fully saturated rings. The van der Waals surface area contributed by atoms with Crippen LogP contribution >= 0.6 is 0 Å². The van der Waals surface area contributed by atoms with Gasteiger partial charge in [-0.3, -0.25) is 0 Å². The van der Waals surface area contributed by atoms with Crippen molar-refractivity contribution in [3.8, 4) is 41.5 Å². The molecule has 0 unspecified atom stereocenters. The molecule has 5 nitrogen and oxygen atoms in total. The highest BCUT2D eigenvalue weighted by Crippen LogP contribution is 2.34. The van der Waals surface area contributed by atoms with E-state index in [1.165, 1.54) is 0 Å². The van der Waals surface area contributed by atoms with Crippen LogP contribution in [-0.4, -0.2) is 0 Å². The third kappa shape index (κ3) is 2.01. The van der Waals surface area contributed by atoms with E-state index in [9.17, 15) is 26.3 Å². The summed E-state index contributed by atoms with van der Waals surface area (Å²) < 4.78 is 0. The Bertz CT molecular complexity index is 915. The van der Waals surface area contributed by atoms with Crippen LogP contribution < -0.4 is 0 Å². The van der Waals surface area contributed by atoms with Crippen molar-refractivity contribution in [1.29, 1.82) is 26.3 Å². The predicted molar refractivity (Wildman–Crippen MR) is 75.5 cm³/mol. The van der Waals surface area contributed by atoms with Gasteiger partial charge in [-0.1, -0.05) is 30.3 Å². The van der Waals surface area contributed by atoms with Gasteiger partial charge in [0.15, 0.2) is 0 Å². The Morgan fingerprint density at radius 1 is 0.500 bits per heavy atom. The van der Waals surface area contributed by atoms with Crippen molar-refractivity contribution in [1.82, 2.24) is 0 Å². The Balaban J connectivity index is 3.14. The second kappa shape index (κ2) is 5.90. The van der Waals surface area contributed by atoms with Gasteiger partial charge in [-0.05, 0) is 5.56 Å². The number of nitrogens with zero attached hydrogens (tertiary/aromatic N) is 5. The SMILES string of the molecule is N#Cc1c(C#N)c(C#N)c(-c2ccccc2)c(C#N)c1C#N. The summed E-state index contributed by atoms with van der Waals surface area (Å²) in [5, 5.41) is 46.5. The number of benzene rings is 2. The van der Waals surface area contributed by atoms with Crippen LogP contribution in [-0.2, 0) is 0 Å². The fourth-order valence-corrected chi connectivity index (χ4v) is 2.20.